The van der Waals surface area contributed by atoms with Gasteiger partial charge in [0.05, 0.1) is 34.7 Å². The van der Waals surface area contributed by atoms with Crippen molar-refractivity contribution in [2.24, 2.45) is 0 Å². The Bertz CT molecular complexity index is 1760. The van der Waals surface area contributed by atoms with Crippen molar-refractivity contribution in [3.63, 3.8) is 0 Å². The molecule has 234 valence electrons. The van der Waals surface area contributed by atoms with Crippen LogP contribution in [0.1, 0.15) is 25.3 Å². The molecule has 0 aliphatic carbocycles. The normalized spacial score (nSPS) is 14.2. The maximum absolute atomic E-state index is 12.6. The summed E-state index contributed by atoms with van der Waals surface area (Å²) < 4.78 is 32.7. The first-order valence-electron chi connectivity index (χ1n) is 14.4. The second kappa shape index (κ2) is 13.1. The summed E-state index contributed by atoms with van der Waals surface area (Å²) >= 11 is 3.53. The van der Waals surface area contributed by atoms with Crippen LogP contribution in [0.15, 0.2) is 47.3 Å². The molecule has 14 heteroatoms. The van der Waals surface area contributed by atoms with Gasteiger partial charge in [-0.2, -0.15) is 4.98 Å². The predicted molar refractivity (Wildman–Crippen MR) is 180 cm³/mol. The molecule has 1 fully saturated rings. The van der Waals surface area contributed by atoms with Gasteiger partial charge < -0.3 is 25.2 Å². The van der Waals surface area contributed by atoms with E-state index in [1.54, 1.807) is 31.6 Å². The molecule has 2 N–H and O–H groups in total. The molecular formula is C30H38BrN9O3S. The summed E-state index contributed by atoms with van der Waals surface area (Å²) in [5.74, 6) is 1.47. The number of methoxy groups -OCH3 is 1. The van der Waals surface area contributed by atoms with Crippen LogP contribution in [-0.2, 0) is 16.4 Å². The Balaban J connectivity index is 1.46. The van der Waals surface area contributed by atoms with Gasteiger partial charge in [-0.25, -0.2) is 13.4 Å². The molecule has 4 aromatic rings. The van der Waals surface area contributed by atoms with Crippen molar-refractivity contribution in [1.82, 2.24) is 24.8 Å². The lowest BCUT2D eigenvalue weighted by Gasteiger charge is -2.37. The van der Waals surface area contributed by atoms with E-state index in [0.29, 0.717) is 50.4 Å². The highest BCUT2D eigenvalue weighted by molar-refractivity contribution is 9.10. The first-order valence-corrected chi connectivity index (χ1v) is 17.0. The number of halogens is 1. The number of rotatable bonds is 10. The fraction of sp³-hybridized carbons (Fsp3) is 0.400. The molecule has 0 saturated carbocycles. The number of nitrogens with zero attached hydrogens (tertiary/aromatic N) is 7. The van der Waals surface area contributed by atoms with Gasteiger partial charge in [-0.3, -0.25) is 14.3 Å². The quantitative estimate of drug-likeness (QED) is 0.230. The monoisotopic (exact) mass is 683 g/mol. The topological polar surface area (TPSA) is 129 Å². The van der Waals surface area contributed by atoms with Crippen molar-refractivity contribution in [1.29, 1.82) is 0 Å². The third-order valence-corrected chi connectivity index (χ3v) is 9.74. The molecule has 0 amide bonds. The number of anilines is 6. The summed E-state index contributed by atoms with van der Waals surface area (Å²) in [4.78, 5) is 22.7. The van der Waals surface area contributed by atoms with E-state index in [2.05, 4.69) is 84.5 Å². The summed E-state index contributed by atoms with van der Waals surface area (Å²) in [5, 5.41) is 6.61. The fourth-order valence-corrected chi connectivity index (χ4v) is 6.26. The Labute approximate surface area is 267 Å². The molecule has 44 heavy (non-hydrogen) atoms. The molecule has 2 aromatic carbocycles. The van der Waals surface area contributed by atoms with Crippen molar-refractivity contribution >= 4 is 71.5 Å². The second-order valence-corrected chi connectivity index (χ2v) is 13.8. The minimum absolute atomic E-state index is 0.342. The number of aromatic nitrogens is 4. The first kappa shape index (κ1) is 31.7. The average molecular weight is 685 g/mol. The van der Waals surface area contributed by atoms with E-state index in [9.17, 15) is 8.42 Å². The molecule has 0 unspecified atom stereocenters. The first-order chi connectivity index (χ1) is 21.0. The van der Waals surface area contributed by atoms with Gasteiger partial charge in [0.15, 0.2) is 0 Å². The van der Waals surface area contributed by atoms with Gasteiger partial charge >= 0.3 is 0 Å². The summed E-state index contributed by atoms with van der Waals surface area (Å²) in [6, 6.07) is 8.33. The van der Waals surface area contributed by atoms with Crippen LogP contribution < -0.4 is 24.6 Å². The number of sulfonamides is 1. The van der Waals surface area contributed by atoms with Crippen LogP contribution in [0.25, 0.3) is 11.0 Å². The third-order valence-electron chi connectivity index (χ3n) is 7.99. The summed E-state index contributed by atoms with van der Waals surface area (Å²) in [6.07, 6.45) is 8.97. The smallest absolute Gasteiger partial charge is 0.232 e. The Morgan fingerprint density at radius 2 is 1.77 bits per heavy atom. The number of hydrogen-bond acceptors (Lipinski definition) is 11. The standard InChI is InChI=1S/C30H38BrN9O3S/c1-7-19-16-24(26(43-5)17-25(19)40-14-10-20(11-15-40)38(2)3)36-30-34-18-21(31)29(37-30)35-23-9-8-22-27(33-13-12-32-22)28(23)39(4)44(6,41)42/h8-9,12-13,16-18,20H,7,10-11,14-15H2,1-6H3,(H2,34,35,36,37). The van der Waals surface area contributed by atoms with E-state index >= 15 is 0 Å². The number of benzene rings is 2. The van der Waals surface area contributed by atoms with Crippen LogP contribution in [0, 0.1) is 0 Å². The van der Waals surface area contributed by atoms with Crippen LogP contribution in [0.2, 0.25) is 0 Å². The van der Waals surface area contributed by atoms with Gasteiger partial charge in [0.25, 0.3) is 0 Å². The number of fused-ring (bicyclic) bond motifs is 1. The lowest BCUT2D eigenvalue weighted by molar-refractivity contribution is 0.249. The van der Waals surface area contributed by atoms with Crippen molar-refractivity contribution in [2.45, 2.75) is 32.2 Å². The molecule has 2 aromatic heterocycles. The Kier molecular flexibility index (Phi) is 9.42. The lowest BCUT2D eigenvalue weighted by atomic mass is 10.0. The highest BCUT2D eigenvalue weighted by atomic mass is 79.9. The molecular weight excluding hydrogens is 646 g/mol. The number of hydrogen-bond donors (Lipinski definition) is 2. The van der Waals surface area contributed by atoms with E-state index in [1.807, 2.05) is 0 Å². The SMILES string of the molecule is CCc1cc(Nc2ncc(Br)c(Nc3ccc4nccnc4c3N(C)S(C)(=O)=O)n2)c(OC)cc1N1CCC(N(C)C)CC1. The van der Waals surface area contributed by atoms with E-state index < -0.39 is 10.0 Å². The van der Waals surface area contributed by atoms with Gasteiger partial charge in [-0.1, -0.05) is 6.92 Å². The highest BCUT2D eigenvalue weighted by Crippen LogP contribution is 2.39. The zero-order valence-corrected chi connectivity index (χ0v) is 28.2. The molecule has 0 radical (unpaired) electrons. The minimum atomic E-state index is -3.60. The van der Waals surface area contributed by atoms with Crippen LogP contribution >= 0.6 is 15.9 Å². The molecule has 0 spiro atoms. The van der Waals surface area contributed by atoms with Crippen molar-refractivity contribution in [3.8, 4) is 5.75 Å². The lowest BCUT2D eigenvalue weighted by Crippen LogP contribution is -2.42. The van der Waals surface area contributed by atoms with Crippen LogP contribution in [-0.4, -0.2) is 86.9 Å². The summed E-state index contributed by atoms with van der Waals surface area (Å²) in [6.45, 7) is 4.14. The fourth-order valence-electron chi connectivity index (χ4n) is 5.45. The Hall–Kier alpha value is -3.75. The maximum atomic E-state index is 12.6. The number of piperidine rings is 1. The highest BCUT2D eigenvalue weighted by Gasteiger charge is 2.24. The molecule has 1 saturated heterocycles. The van der Waals surface area contributed by atoms with Gasteiger partial charge in [0.2, 0.25) is 16.0 Å². The van der Waals surface area contributed by atoms with Gasteiger partial charge in [-0.05, 0) is 73.1 Å². The molecule has 12 nitrogen and oxygen atoms in total. The molecule has 0 bridgehead atoms. The van der Waals surface area contributed by atoms with E-state index in [1.165, 1.54) is 28.8 Å². The predicted octanol–water partition coefficient (Wildman–Crippen LogP) is 5.17. The van der Waals surface area contributed by atoms with E-state index in [0.717, 1.165) is 44.3 Å². The second-order valence-electron chi connectivity index (χ2n) is 11.0. The molecule has 5 rings (SSSR count). The van der Waals surface area contributed by atoms with E-state index in [-0.39, 0.29) is 0 Å². The summed E-state index contributed by atoms with van der Waals surface area (Å²) in [7, 11) is 3.84. The minimum Gasteiger partial charge on any atom is -0.494 e. The van der Waals surface area contributed by atoms with Gasteiger partial charge in [0.1, 0.15) is 22.8 Å². The number of nitrogens with one attached hydrogen (secondary N) is 2. The third kappa shape index (κ3) is 6.66. The zero-order valence-electron chi connectivity index (χ0n) is 25.8. The van der Waals surface area contributed by atoms with Gasteiger partial charge in [0, 0.05) is 56.5 Å². The van der Waals surface area contributed by atoms with Crippen LogP contribution in [0.5, 0.6) is 5.75 Å². The Morgan fingerprint density at radius 1 is 1.05 bits per heavy atom. The van der Waals surface area contributed by atoms with Crippen molar-refractivity contribution < 1.29 is 13.2 Å². The van der Waals surface area contributed by atoms with E-state index in [4.69, 9.17) is 9.72 Å². The van der Waals surface area contributed by atoms with Crippen LogP contribution in [0.3, 0.4) is 0 Å². The molecule has 1 aliphatic rings. The average Bonchev–Trinajstić information content (AvgIpc) is 3.01. The largest absolute Gasteiger partial charge is 0.494 e. The number of aryl methyl sites for hydroxylation is 1. The van der Waals surface area contributed by atoms with Crippen molar-refractivity contribution in [2.75, 3.05) is 67.4 Å². The van der Waals surface area contributed by atoms with Crippen molar-refractivity contribution in [3.05, 3.63) is 52.9 Å². The molecule has 3 heterocycles. The maximum Gasteiger partial charge on any atom is 0.232 e. The molecule has 1 aliphatic heterocycles. The number of ether oxygens (including phenoxy) is 1. The molecule has 0 atom stereocenters. The van der Waals surface area contributed by atoms with Crippen LogP contribution in [0.4, 0.5) is 34.5 Å². The summed E-state index contributed by atoms with van der Waals surface area (Å²) in [5.41, 5.74) is 5.00. The zero-order chi connectivity index (χ0) is 31.6. The Morgan fingerprint density at radius 3 is 2.43 bits per heavy atom. The van der Waals surface area contributed by atoms with Gasteiger partial charge in [-0.15, -0.1) is 0 Å².